The number of benzene rings is 1. The molecule has 1 aromatic carbocycles. The van der Waals surface area contributed by atoms with E-state index in [9.17, 15) is 22.8 Å². The van der Waals surface area contributed by atoms with E-state index in [1.54, 1.807) is 31.2 Å². The molecule has 0 saturated carbocycles. The molecule has 4 rings (SSSR count). The fourth-order valence-electron chi connectivity index (χ4n) is 3.95. The van der Waals surface area contributed by atoms with Crippen LogP contribution in [-0.2, 0) is 29.5 Å². The smallest absolute Gasteiger partial charge is 0.433 e. The zero-order valence-corrected chi connectivity index (χ0v) is 21.3. The highest BCUT2D eigenvalue weighted by molar-refractivity contribution is 7.98. The third-order valence-corrected chi connectivity index (χ3v) is 7.68. The number of halogens is 3. The molecule has 36 heavy (non-hydrogen) atoms. The van der Waals surface area contributed by atoms with Gasteiger partial charge in [-0.2, -0.15) is 13.2 Å². The van der Waals surface area contributed by atoms with Crippen molar-refractivity contribution in [2.24, 2.45) is 0 Å². The zero-order valence-electron chi connectivity index (χ0n) is 19.7. The first-order valence-corrected chi connectivity index (χ1v) is 13.2. The predicted molar refractivity (Wildman–Crippen MR) is 133 cm³/mol. The summed E-state index contributed by atoms with van der Waals surface area (Å²) in [5, 5.41) is 3.38. The molecule has 1 aliphatic carbocycles. The van der Waals surface area contributed by atoms with Gasteiger partial charge in [-0.1, -0.05) is 23.9 Å². The Balaban J connectivity index is 1.50. The fraction of sp³-hybridized carbons (Fsp3) is 0.360. The molecule has 2 heterocycles. The topological polar surface area (TPSA) is 81.2 Å². The normalized spacial score (nSPS) is 13.2. The van der Waals surface area contributed by atoms with Gasteiger partial charge in [-0.15, -0.1) is 11.3 Å². The highest BCUT2D eigenvalue weighted by Crippen LogP contribution is 2.39. The highest BCUT2D eigenvalue weighted by atomic mass is 32.2. The first kappa shape index (κ1) is 26.2. The van der Waals surface area contributed by atoms with Crippen molar-refractivity contribution in [1.29, 1.82) is 0 Å². The number of thioether (sulfide) groups is 1. The minimum absolute atomic E-state index is 0.0143. The molecule has 3 aromatic rings. The molecule has 0 aliphatic heterocycles. The molecule has 0 spiro atoms. The van der Waals surface area contributed by atoms with Crippen LogP contribution in [0.4, 0.5) is 18.2 Å². The Kier molecular flexibility index (Phi) is 7.99. The molecular formula is C25H24F3N3O3S2. The number of carbonyl (C=O) groups excluding carboxylic acids is 2. The Hall–Kier alpha value is -2.92. The van der Waals surface area contributed by atoms with E-state index in [1.165, 1.54) is 18.3 Å². The molecule has 0 saturated heterocycles. The Bertz CT molecular complexity index is 1290. The quantitative estimate of drug-likeness (QED) is 0.212. The number of aromatic nitrogens is 2. The summed E-state index contributed by atoms with van der Waals surface area (Å²) < 4.78 is 44.4. The number of alkyl halides is 3. The lowest BCUT2D eigenvalue weighted by molar-refractivity contribution is -0.141. The number of carbonyl (C=O) groups is 2. The highest BCUT2D eigenvalue weighted by Gasteiger charge is 2.33. The number of esters is 1. The van der Waals surface area contributed by atoms with Gasteiger partial charge in [0.05, 0.1) is 12.2 Å². The van der Waals surface area contributed by atoms with Crippen molar-refractivity contribution in [3.05, 3.63) is 68.9 Å². The molecule has 1 aliphatic rings. The standard InChI is InChI=1S/C25H24F3N3O3S2/c1-3-34-23(33)20-17-9-4-5-10-18(17)36-22(20)31-21(32)16-8-6-7-15(12-16)13-35-24-29-14(2)11-19(30-24)25(26,27)28/h6-8,11-12H,3-5,9-10,13H2,1-2H3,(H,31,32). The maximum absolute atomic E-state index is 13.1. The minimum atomic E-state index is -4.55. The number of ether oxygens (including phenoxy) is 1. The van der Waals surface area contributed by atoms with Crippen LogP contribution in [0.15, 0.2) is 35.5 Å². The van der Waals surface area contributed by atoms with Crippen LogP contribution in [0.5, 0.6) is 0 Å². The van der Waals surface area contributed by atoms with Gasteiger partial charge in [-0.3, -0.25) is 4.79 Å². The van der Waals surface area contributed by atoms with Gasteiger partial charge in [-0.25, -0.2) is 14.8 Å². The average Bonchev–Trinajstić information content (AvgIpc) is 3.20. The molecule has 190 valence electrons. The maximum atomic E-state index is 13.1. The predicted octanol–water partition coefficient (Wildman–Crippen LogP) is 6.47. The molecule has 2 aromatic heterocycles. The molecule has 6 nitrogen and oxygen atoms in total. The van der Waals surface area contributed by atoms with Crippen LogP contribution in [-0.4, -0.2) is 28.5 Å². The summed E-state index contributed by atoms with van der Waals surface area (Å²) in [5.41, 5.74) is 1.73. The van der Waals surface area contributed by atoms with E-state index in [1.807, 2.05) is 0 Å². The van der Waals surface area contributed by atoms with Crippen LogP contribution >= 0.6 is 23.1 Å². The first-order valence-electron chi connectivity index (χ1n) is 11.4. The van der Waals surface area contributed by atoms with E-state index < -0.39 is 17.8 Å². The van der Waals surface area contributed by atoms with Crippen molar-refractivity contribution in [2.45, 2.75) is 56.6 Å². The third kappa shape index (κ3) is 6.07. The number of rotatable bonds is 7. The van der Waals surface area contributed by atoms with E-state index in [4.69, 9.17) is 4.74 Å². The molecular weight excluding hydrogens is 511 g/mol. The lowest BCUT2D eigenvalue weighted by atomic mass is 9.95. The molecule has 0 fully saturated rings. The first-order chi connectivity index (χ1) is 17.2. The Morgan fingerprint density at radius 1 is 1.17 bits per heavy atom. The van der Waals surface area contributed by atoms with Crippen LogP contribution < -0.4 is 5.32 Å². The van der Waals surface area contributed by atoms with Crippen LogP contribution in [0.25, 0.3) is 0 Å². The van der Waals surface area contributed by atoms with Crippen molar-refractivity contribution >= 4 is 40.0 Å². The van der Waals surface area contributed by atoms with Gasteiger partial charge < -0.3 is 10.1 Å². The van der Waals surface area contributed by atoms with Crippen molar-refractivity contribution in [3.8, 4) is 0 Å². The van der Waals surface area contributed by atoms with E-state index in [-0.39, 0.29) is 29.1 Å². The second kappa shape index (κ2) is 11.0. The van der Waals surface area contributed by atoms with Gasteiger partial charge in [-0.05, 0) is 68.9 Å². The van der Waals surface area contributed by atoms with E-state index in [0.29, 0.717) is 16.1 Å². The number of aryl methyl sites for hydroxylation is 2. The second-order valence-corrected chi connectivity index (χ2v) is 10.3. The number of anilines is 1. The monoisotopic (exact) mass is 535 g/mol. The minimum Gasteiger partial charge on any atom is -0.462 e. The fourth-order valence-corrected chi connectivity index (χ4v) is 6.07. The van der Waals surface area contributed by atoms with Crippen molar-refractivity contribution in [2.75, 3.05) is 11.9 Å². The SMILES string of the molecule is CCOC(=O)c1c(NC(=O)c2cccc(CSc3nc(C)cc(C(F)(F)F)n3)c2)sc2c1CCCC2. The lowest BCUT2D eigenvalue weighted by Crippen LogP contribution is -2.16. The van der Waals surface area contributed by atoms with E-state index >= 15 is 0 Å². The summed E-state index contributed by atoms with van der Waals surface area (Å²) in [6.07, 6.45) is -0.882. The van der Waals surface area contributed by atoms with E-state index in [2.05, 4.69) is 15.3 Å². The zero-order chi connectivity index (χ0) is 25.9. The Morgan fingerprint density at radius 3 is 2.69 bits per heavy atom. The number of nitrogens with one attached hydrogen (secondary N) is 1. The second-order valence-electron chi connectivity index (χ2n) is 8.25. The summed E-state index contributed by atoms with van der Waals surface area (Å²) in [5.74, 6) is -0.533. The summed E-state index contributed by atoms with van der Waals surface area (Å²) in [4.78, 5) is 34.5. The van der Waals surface area contributed by atoms with Crippen LogP contribution in [0.3, 0.4) is 0 Å². The molecule has 1 amide bonds. The number of hydrogen-bond donors (Lipinski definition) is 1. The number of thiophene rings is 1. The average molecular weight is 536 g/mol. The third-order valence-electron chi connectivity index (χ3n) is 5.56. The summed E-state index contributed by atoms with van der Waals surface area (Å²) in [6.45, 7) is 3.47. The van der Waals surface area contributed by atoms with Gasteiger partial charge in [0.15, 0.2) is 5.16 Å². The van der Waals surface area contributed by atoms with Gasteiger partial charge in [0.25, 0.3) is 5.91 Å². The number of fused-ring (bicyclic) bond motifs is 1. The Morgan fingerprint density at radius 2 is 1.94 bits per heavy atom. The van der Waals surface area contributed by atoms with Crippen LogP contribution in [0, 0.1) is 6.92 Å². The molecule has 0 bridgehead atoms. The maximum Gasteiger partial charge on any atom is 0.433 e. The van der Waals surface area contributed by atoms with Gasteiger partial charge in [0, 0.05) is 21.9 Å². The largest absolute Gasteiger partial charge is 0.462 e. The van der Waals surface area contributed by atoms with Gasteiger partial charge in [0.1, 0.15) is 10.7 Å². The molecule has 1 N–H and O–H groups in total. The summed E-state index contributed by atoms with van der Waals surface area (Å²) in [6, 6.07) is 7.70. The lowest BCUT2D eigenvalue weighted by Gasteiger charge is -2.12. The molecule has 11 heteroatoms. The number of hydrogen-bond acceptors (Lipinski definition) is 7. The number of nitrogens with zero attached hydrogens (tertiary/aromatic N) is 2. The van der Waals surface area contributed by atoms with Crippen LogP contribution in [0.2, 0.25) is 0 Å². The van der Waals surface area contributed by atoms with Gasteiger partial charge >= 0.3 is 12.1 Å². The molecule has 0 radical (unpaired) electrons. The van der Waals surface area contributed by atoms with E-state index in [0.717, 1.165) is 59.5 Å². The molecule has 0 atom stereocenters. The summed E-state index contributed by atoms with van der Waals surface area (Å²) in [7, 11) is 0. The van der Waals surface area contributed by atoms with Crippen molar-refractivity contribution in [1.82, 2.24) is 9.97 Å². The molecule has 0 unspecified atom stereocenters. The van der Waals surface area contributed by atoms with Crippen LogP contribution in [0.1, 0.15) is 67.9 Å². The van der Waals surface area contributed by atoms with Crippen molar-refractivity contribution < 1.29 is 27.5 Å². The van der Waals surface area contributed by atoms with Crippen molar-refractivity contribution in [3.63, 3.8) is 0 Å². The summed E-state index contributed by atoms with van der Waals surface area (Å²) >= 11 is 2.47. The number of amides is 1. The Labute approximate surface area is 214 Å². The van der Waals surface area contributed by atoms with Gasteiger partial charge in [0.2, 0.25) is 0 Å².